The van der Waals surface area contributed by atoms with Crippen molar-refractivity contribution in [2.24, 2.45) is 0 Å². The van der Waals surface area contributed by atoms with Crippen molar-refractivity contribution >= 4 is 5.69 Å². The molecule has 0 unspecified atom stereocenters. The van der Waals surface area contributed by atoms with Crippen molar-refractivity contribution in [3.63, 3.8) is 0 Å². The second-order valence-corrected chi connectivity index (χ2v) is 4.31. The molecule has 0 saturated heterocycles. The SMILES string of the molecule is Fc1cccc(CNc2cccnc2-n2cccn2)c1. The zero-order valence-electron chi connectivity index (χ0n) is 10.7. The molecule has 0 amide bonds. The van der Waals surface area contributed by atoms with Crippen LogP contribution in [0.2, 0.25) is 0 Å². The van der Waals surface area contributed by atoms with E-state index in [1.54, 1.807) is 23.1 Å². The molecule has 0 radical (unpaired) electrons. The number of hydrogen-bond acceptors (Lipinski definition) is 3. The first-order valence-electron chi connectivity index (χ1n) is 6.26. The van der Waals surface area contributed by atoms with Crippen LogP contribution in [-0.4, -0.2) is 14.8 Å². The molecule has 0 aliphatic heterocycles. The smallest absolute Gasteiger partial charge is 0.176 e. The number of anilines is 1. The molecule has 0 aliphatic rings. The van der Waals surface area contributed by atoms with Crippen LogP contribution in [0, 0.1) is 5.82 Å². The van der Waals surface area contributed by atoms with Crippen molar-refractivity contribution < 1.29 is 4.39 Å². The van der Waals surface area contributed by atoms with Crippen molar-refractivity contribution in [3.8, 4) is 5.82 Å². The number of halogens is 1. The fraction of sp³-hybridized carbons (Fsp3) is 0.0667. The Hall–Kier alpha value is -2.69. The Labute approximate surface area is 115 Å². The van der Waals surface area contributed by atoms with Gasteiger partial charge in [-0.2, -0.15) is 5.10 Å². The van der Waals surface area contributed by atoms with Crippen molar-refractivity contribution in [1.82, 2.24) is 14.8 Å². The van der Waals surface area contributed by atoms with E-state index in [-0.39, 0.29) is 5.82 Å². The molecule has 1 aromatic carbocycles. The maximum absolute atomic E-state index is 13.1. The molecule has 1 N–H and O–H groups in total. The van der Waals surface area contributed by atoms with Crippen molar-refractivity contribution in [3.05, 3.63) is 72.4 Å². The Morgan fingerprint density at radius 1 is 1.10 bits per heavy atom. The largest absolute Gasteiger partial charge is 0.378 e. The van der Waals surface area contributed by atoms with E-state index in [1.807, 2.05) is 30.5 Å². The third-order valence-corrected chi connectivity index (χ3v) is 2.88. The predicted octanol–water partition coefficient (Wildman–Crippen LogP) is 3.02. The number of benzene rings is 1. The van der Waals surface area contributed by atoms with Crippen LogP contribution < -0.4 is 5.32 Å². The van der Waals surface area contributed by atoms with Gasteiger partial charge in [-0.15, -0.1) is 0 Å². The molecular weight excluding hydrogens is 255 g/mol. The van der Waals surface area contributed by atoms with Crippen molar-refractivity contribution in [2.75, 3.05) is 5.32 Å². The molecule has 4 nitrogen and oxygen atoms in total. The third-order valence-electron chi connectivity index (χ3n) is 2.88. The highest BCUT2D eigenvalue weighted by Gasteiger charge is 2.05. The first-order valence-corrected chi connectivity index (χ1v) is 6.26. The van der Waals surface area contributed by atoms with Gasteiger partial charge in [0.25, 0.3) is 0 Å². The number of aromatic nitrogens is 3. The number of nitrogens with zero attached hydrogens (tertiary/aromatic N) is 3. The van der Waals surface area contributed by atoms with Crippen LogP contribution in [0.3, 0.4) is 0 Å². The van der Waals surface area contributed by atoms with Crippen molar-refractivity contribution in [2.45, 2.75) is 6.54 Å². The number of pyridine rings is 1. The molecule has 20 heavy (non-hydrogen) atoms. The van der Waals surface area contributed by atoms with Gasteiger partial charge in [0, 0.05) is 25.1 Å². The minimum Gasteiger partial charge on any atom is -0.378 e. The van der Waals surface area contributed by atoms with E-state index in [1.165, 1.54) is 12.1 Å². The summed E-state index contributed by atoms with van der Waals surface area (Å²) in [6.07, 6.45) is 5.24. The quantitative estimate of drug-likeness (QED) is 0.791. The zero-order chi connectivity index (χ0) is 13.8. The monoisotopic (exact) mass is 268 g/mol. The van der Waals surface area contributed by atoms with Crippen LogP contribution in [0.15, 0.2) is 61.1 Å². The lowest BCUT2D eigenvalue weighted by molar-refractivity contribution is 0.626. The second-order valence-electron chi connectivity index (χ2n) is 4.31. The highest BCUT2D eigenvalue weighted by atomic mass is 19.1. The average molecular weight is 268 g/mol. The van der Waals surface area contributed by atoms with E-state index in [4.69, 9.17) is 0 Å². The van der Waals surface area contributed by atoms with Crippen molar-refractivity contribution in [1.29, 1.82) is 0 Å². The van der Waals surface area contributed by atoms with Gasteiger partial charge < -0.3 is 5.32 Å². The lowest BCUT2D eigenvalue weighted by atomic mass is 10.2. The molecule has 0 saturated carbocycles. The molecule has 3 aromatic rings. The topological polar surface area (TPSA) is 42.7 Å². The van der Waals surface area contributed by atoms with E-state index in [2.05, 4.69) is 15.4 Å². The summed E-state index contributed by atoms with van der Waals surface area (Å²) in [7, 11) is 0. The number of rotatable bonds is 4. The molecule has 3 rings (SSSR count). The zero-order valence-corrected chi connectivity index (χ0v) is 10.7. The normalized spacial score (nSPS) is 10.4. The fourth-order valence-electron chi connectivity index (χ4n) is 1.96. The highest BCUT2D eigenvalue weighted by Crippen LogP contribution is 2.17. The molecule has 0 spiro atoms. The van der Waals surface area contributed by atoms with Gasteiger partial charge in [0.15, 0.2) is 5.82 Å². The summed E-state index contributed by atoms with van der Waals surface area (Å²) < 4.78 is 14.8. The maximum atomic E-state index is 13.1. The second kappa shape index (κ2) is 5.52. The van der Waals surface area contributed by atoms with Crippen LogP contribution in [0.25, 0.3) is 5.82 Å². The van der Waals surface area contributed by atoms with Crippen LogP contribution in [0.4, 0.5) is 10.1 Å². The van der Waals surface area contributed by atoms with Gasteiger partial charge in [0.1, 0.15) is 5.82 Å². The Balaban J connectivity index is 1.81. The highest BCUT2D eigenvalue weighted by molar-refractivity contribution is 5.56. The Morgan fingerprint density at radius 3 is 2.85 bits per heavy atom. The van der Waals surface area contributed by atoms with E-state index in [0.717, 1.165) is 11.3 Å². The summed E-state index contributed by atoms with van der Waals surface area (Å²) in [5.41, 5.74) is 1.72. The first kappa shape index (κ1) is 12.3. The summed E-state index contributed by atoms with van der Waals surface area (Å²) in [6.45, 7) is 0.526. The third kappa shape index (κ3) is 2.66. The van der Waals surface area contributed by atoms with Gasteiger partial charge in [-0.3, -0.25) is 0 Å². The van der Waals surface area contributed by atoms with Crippen LogP contribution in [-0.2, 0) is 6.54 Å². The molecule has 100 valence electrons. The van der Waals surface area contributed by atoms with Gasteiger partial charge in [0.2, 0.25) is 0 Å². The van der Waals surface area contributed by atoms with E-state index in [0.29, 0.717) is 12.4 Å². The number of nitrogens with one attached hydrogen (secondary N) is 1. The predicted molar refractivity (Wildman–Crippen MR) is 75.1 cm³/mol. The van der Waals surface area contributed by atoms with Gasteiger partial charge >= 0.3 is 0 Å². The Morgan fingerprint density at radius 2 is 2.05 bits per heavy atom. The van der Waals surface area contributed by atoms with Crippen LogP contribution in [0.1, 0.15) is 5.56 Å². The minimum absolute atomic E-state index is 0.234. The van der Waals surface area contributed by atoms with E-state index in [9.17, 15) is 4.39 Å². The van der Waals surface area contributed by atoms with Gasteiger partial charge in [0.05, 0.1) is 5.69 Å². The Bertz CT molecular complexity index is 695. The summed E-state index contributed by atoms with van der Waals surface area (Å²) in [5.74, 6) is 0.483. The lowest BCUT2D eigenvalue weighted by Crippen LogP contribution is -2.06. The molecule has 0 fully saturated rings. The maximum Gasteiger partial charge on any atom is 0.176 e. The summed E-state index contributed by atoms with van der Waals surface area (Å²) in [5, 5.41) is 7.43. The molecule has 0 bridgehead atoms. The van der Waals surface area contributed by atoms with Crippen LogP contribution in [0.5, 0.6) is 0 Å². The standard InChI is InChI=1S/C15H13FN4/c16-13-5-1-4-12(10-13)11-18-14-6-2-7-17-15(14)20-9-3-8-19-20/h1-10,18H,11H2. The summed E-state index contributed by atoms with van der Waals surface area (Å²) >= 11 is 0. The van der Waals surface area contributed by atoms with E-state index < -0.39 is 0 Å². The molecular formula is C15H13FN4. The summed E-state index contributed by atoms with van der Waals surface area (Å²) in [6, 6.07) is 12.1. The molecule has 2 heterocycles. The van der Waals surface area contributed by atoms with E-state index >= 15 is 0 Å². The van der Waals surface area contributed by atoms with Gasteiger partial charge in [-0.05, 0) is 35.9 Å². The molecule has 0 aliphatic carbocycles. The first-order chi connectivity index (χ1) is 9.83. The minimum atomic E-state index is -0.234. The molecule has 2 aromatic heterocycles. The average Bonchev–Trinajstić information content (AvgIpc) is 3.00. The number of hydrogen-bond donors (Lipinski definition) is 1. The van der Waals surface area contributed by atoms with Gasteiger partial charge in [-0.25, -0.2) is 14.1 Å². The Kier molecular flexibility index (Phi) is 3.41. The summed E-state index contributed by atoms with van der Waals surface area (Å²) in [4.78, 5) is 4.31. The van der Waals surface area contributed by atoms with Crippen LogP contribution >= 0.6 is 0 Å². The molecule has 0 atom stereocenters. The lowest BCUT2D eigenvalue weighted by Gasteiger charge is -2.11. The molecule has 5 heteroatoms. The fourth-order valence-corrected chi connectivity index (χ4v) is 1.96. The van der Waals surface area contributed by atoms with Gasteiger partial charge in [-0.1, -0.05) is 12.1 Å².